The lowest BCUT2D eigenvalue weighted by atomic mass is 10.4. The molecule has 0 bridgehead atoms. The van der Waals surface area contributed by atoms with Gasteiger partial charge in [-0.25, -0.2) is 8.42 Å². The van der Waals surface area contributed by atoms with Gasteiger partial charge in [0.1, 0.15) is 6.23 Å². The monoisotopic (exact) mass is 224 g/mol. The molecule has 1 unspecified atom stereocenters. The van der Waals surface area contributed by atoms with Gasteiger partial charge in [0.05, 0.1) is 6.26 Å². The molecule has 84 valence electrons. The van der Waals surface area contributed by atoms with Crippen molar-refractivity contribution in [3.8, 4) is 0 Å². The van der Waals surface area contributed by atoms with E-state index in [-0.39, 0.29) is 6.42 Å². The highest BCUT2D eigenvalue weighted by Gasteiger charge is 2.10. The quantitative estimate of drug-likeness (QED) is 0.568. The molecule has 0 saturated carbocycles. The third-order valence-corrected chi connectivity index (χ3v) is 2.23. The highest BCUT2D eigenvalue weighted by Crippen LogP contribution is 1.93. The molecule has 0 aliphatic rings. The Labute approximate surface area is 84.0 Å². The maximum Gasteiger partial charge on any atom is 0.234 e. The van der Waals surface area contributed by atoms with Crippen molar-refractivity contribution in [2.45, 2.75) is 19.6 Å². The summed E-state index contributed by atoms with van der Waals surface area (Å²) in [5.74, 6) is -0.569. The van der Waals surface area contributed by atoms with Crippen LogP contribution in [0.2, 0.25) is 0 Å². The van der Waals surface area contributed by atoms with Gasteiger partial charge < -0.3 is 5.11 Å². The van der Waals surface area contributed by atoms with Crippen molar-refractivity contribution in [2.24, 2.45) is 0 Å². The molecule has 14 heavy (non-hydrogen) atoms. The van der Waals surface area contributed by atoms with Crippen LogP contribution in [-0.2, 0) is 14.8 Å². The zero-order chi connectivity index (χ0) is 11.4. The molecule has 1 atom stereocenters. The first-order chi connectivity index (χ1) is 6.22. The maximum absolute atomic E-state index is 11.0. The number of sulfonamides is 1. The maximum atomic E-state index is 11.0. The van der Waals surface area contributed by atoms with Crippen LogP contribution in [0.25, 0.3) is 0 Å². The number of aliphatic hydroxyl groups is 1. The minimum atomic E-state index is -3.47. The van der Waals surface area contributed by atoms with Crippen molar-refractivity contribution in [1.82, 2.24) is 9.62 Å². The molecule has 0 aliphatic heterocycles. The Bertz CT molecular complexity index is 286. The Morgan fingerprint density at radius 1 is 1.57 bits per heavy atom. The first kappa shape index (κ1) is 13.3. The molecule has 0 rings (SSSR count). The zero-order valence-electron chi connectivity index (χ0n) is 8.52. The van der Waals surface area contributed by atoms with Crippen LogP contribution >= 0.6 is 0 Å². The molecule has 1 amide bonds. The number of amides is 1. The van der Waals surface area contributed by atoms with Gasteiger partial charge in [-0.1, -0.05) is 0 Å². The van der Waals surface area contributed by atoms with Gasteiger partial charge in [-0.3, -0.25) is 14.4 Å². The molecule has 0 fully saturated rings. The van der Waals surface area contributed by atoms with E-state index in [0.717, 1.165) is 6.26 Å². The fraction of sp³-hybridized carbons (Fsp3) is 0.857. The van der Waals surface area contributed by atoms with Gasteiger partial charge in [-0.05, 0) is 14.0 Å². The predicted octanol–water partition coefficient (Wildman–Crippen LogP) is -1.28. The van der Waals surface area contributed by atoms with E-state index in [9.17, 15) is 13.2 Å². The van der Waals surface area contributed by atoms with Gasteiger partial charge in [0.15, 0.2) is 0 Å². The van der Waals surface area contributed by atoms with E-state index in [4.69, 9.17) is 5.11 Å². The van der Waals surface area contributed by atoms with Crippen LogP contribution in [-0.4, -0.2) is 50.4 Å². The first-order valence-corrected chi connectivity index (χ1v) is 6.00. The topological polar surface area (TPSA) is 86.7 Å². The molecule has 0 saturated heterocycles. The molecular formula is C7H16N2O4S. The molecule has 2 N–H and O–H groups in total. The van der Waals surface area contributed by atoms with E-state index in [0.29, 0.717) is 6.54 Å². The summed E-state index contributed by atoms with van der Waals surface area (Å²) in [6, 6.07) is 0. The summed E-state index contributed by atoms with van der Waals surface area (Å²) >= 11 is 0. The van der Waals surface area contributed by atoms with Gasteiger partial charge in [-0.15, -0.1) is 0 Å². The Hall–Kier alpha value is -0.660. The standard InChI is InChI=1S/C7H16N2O4S/c1-6(10)9(2)5-4-7(11)8-14(3,12)13/h6,10H,4-5H2,1-3H3,(H,8,11). The van der Waals surface area contributed by atoms with Crippen LogP contribution in [0.5, 0.6) is 0 Å². The average molecular weight is 224 g/mol. The fourth-order valence-electron chi connectivity index (χ4n) is 0.723. The second-order valence-corrected chi connectivity index (χ2v) is 4.91. The van der Waals surface area contributed by atoms with Crippen molar-refractivity contribution in [2.75, 3.05) is 19.8 Å². The summed E-state index contributed by atoms with van der Waals surface area (Å²) in [7, 11) is -1.83. The average Bonchev–Trinajstić information content (AvgIpc) is 1.96. The highest BCUT2D eigenvalue weighted by molar-refractivity contribution is 7.89. The molecule has 7 heteroatoms. The third kappa shape index (κ3) is 6.81. The molecule has 0 spiro atoms. The van der Waals surface area contributed by atoms with Crippen molar-refractivity contribution < 1.29 is 18.3 Å². The number of nitrogens with one attached hydrogen (secondary N) is 1. The van der Waals surface area contributed by atoms with Gasteiger partial charge >= 0.3 is 0 Å². The Kier molecular flexibility index (Phi) is 5.03. The van der Waals surface area contributed by atoms with Crippen molar-refractivity contribution in [3.05, 3.63) is 0 Å². The number of carbonyl (C=O) groups is 1. The normalized spacial score (nSPS) is 14.1. The van der Waals surface area contributed by atoms with E-state index < -0.39 is 22.2 Å². The largest absolute Gasteiger partial charge is 0.379 e. The lowest BCUT2D eigenvalue weighted by molar-refractivity contribution is -0.120. The lowest BCUT2D eigenvalue weighted by Gasteiger charge is -2.18. The van der Waals surface area contributed by atoms with E-state index >= 15 is 0 Å². The van der Waals surface area contributed by atoms with Crippen molar-refractivity contribution in [1.29, 1.82) is 0 Å². The van der Waals surface area contributed by atoms with Crippen LogP contribution in [0.15, 0.2) is 0 Å². The summed E-state index contributed by atoms with van der Waals surface area (Å²) in [6.45, 7) is 1.87. The Balaban J connectivity index is 3.87. The van der Waals surface area contributed by atoms with Gasteiger partial charge in [0.2, 0.25) is 15.9 Å². The molecule has 0 aromatic rings. The minimum absolute atomic E-state index is 0.0362. The van der Waals surface area contributed by atoms with E-state index in [2.05, 4.69) is 0 Å². The Morgan fingerprint density at radius 3 is 2.43 bits per heavy atom. The number of aliphatic hydroxyl groups excluding tert-OH is 1. The number of hydrogen-bond acceptors (Lipinski definition) is 5. The number of rotatable bonds is 5. The molecule has 0 aromatic carbocycles. The molecular weight excluding hydrogens is 208 g/mol. The SMILES string of the molecule is CC(O)N(C)CCC(=O)NS(C)(=O)=O. The number of nitrogens with zero attached hydrogens (tertiary/aromatic N) is 1. The van der Waals surface area contributed by atoms with Gasteiger partial charge in [-0.2, -0.15) is 0 Å². The van der Waals surface area contributed by atoms with Crippen LogP contribution < -0.4 is 4.72 Å². The van der Waals surface area contributed by atoms with Crippen LogP contribution in [0, 0.1) is 0 Å². The number of hydrogen-bond donors (Lipinski definition) is 2. The smallest absolute Gasteiger partial charge is 0.234 e. The van der Waals surface area contributed by atoms with Crippen molar-refractivity contribution in [3.63, 3.8) is 0 Å². The molecule has 0 radical (unpaired) electrons. The van der Waals surface area contributed by atoms with Crippen LogP contribution in [0.1, 0.15) is 13.3 Å². The second kappa shape index (κ2) is 5.28. The first-order valence-electron chi connectivity index (χ1n) is 4.11. The van der Waals surface area contributed by atoms with Crippen LogP contribution in [0.3, 0.4) is 0 Å². The van der Waals surface area contributed by atoms with Crippen LogP contribution in [0.4, 0.5) is 0 Å². The minimum Gasteiger partial charge on any atom is -0.379 e. The lowest BCUT2D eigenvalue weighted by Crippen LogP contribution is -2.35. The predicted molar refractivity (Wildman–Crippen MR) is 51.9 cm³/mol. The van der Waals surface area contributed by atoms with E-state index in [1.807, 2.05) is 4.72 Å². The summed E-state index contributed by atoms with van der Waals surface area (Å²) in [4.78, 5) is 12.5. The summed E-state index contributed by atoms with van der Waals surface area (Å²) < 4.78 is 23.1. The Morgan fingerprint density at radius 2 is 2.07 bits per heavy atom. The number of carbonyl (C=O) groups excluding carboxylic acids is 1. The summed E-state index contributed by atoms with van der Waals surface area (Å²) in [5.41, 5.74) is 0. The summed E-state index contributed by atoms with van der Waals surface area (Å²) in [6.07, 6.45) is 0.304. The zero-order valence-corrected chi connectivity index (χ0v) is 9.34. The van der Waals surface area contributed by atoms with E-state index in [1.54, 1.807) is 14.0 Å². The summed E-state index contributed by atoms with van der Waals surface area (Å²) in [5, 5.41) is 9.04. The molecule has 0 heterocycles. The molecule has 6 nitrogen and oxygen atoms in total. The van der Waals surface area contributed by atoms with E-state index in [1.165, 1.54) is 4.90 Å². The molecule has 0 aromatic heterocycles. The van der Waals surface area contributed by atoms with Crippen molar-refractivity contribution >= 4 is 15.9 Å². The molecule has 0 aliphatic carbocycles. The second-order valence-electron chi connectivity index (χ2n) is 3.16. The van der Waals surface area contributed by atoms with Gasteiger partial charge in [0.25, 0.3) is 0 Å². The third-order valence-electron chi connectivity index (χ3n) is 1.63. The van der Waals surface area contributed by atoms with Gasteiger partial charge in [0, 0.05) is 13.0 Å². The fourth-order valence-corrected chi connectivity index (χ4v) is 1.24. The highest BCUT2D eigenvalue weighted by atomic mass is 32.2.